The Morgan fingerprint density at radius 1 is 1.00 bits per heavy atom. The number of hydrogen-bond donors (Lipinski definition) is 3. The maximum Gasteiger partial charge on any atom is 0.222 e. The Bertz CT molecular complexity index is 848. The summed E-state index contributed by atoms with van der Waals surface area (Å²) >= 11 is 0. The van der Waals surface area contributed by atoms with Crippen LogP contribution in [0.5, 0.6) is 0 Å². The summed E-state index contributed by atoms with van der Waals surface area (Å²) < 4.78 is 0. The van der Waals surface area contributed by atoms with Crippen LogP contribution in [-0.2, 0) is 4.79 Å². The number of carbonyl (C=O) groups excluding carboxylic acids is 1. The quantitative estimate of drug-likeness (QED) is 0.294. The smallest absolute Gasteiger partial charge is 0.222 e. The number of amides is 1. The number of fused-ring (bicyclic) bond motifs is 5. The topological polar surface area (TPSA) is 72.8 Å². The predicted molar refractivity (Wildman–Crippen MR) is 158 cm³/mol. The Morgan fingerprint density at radius 3 is 2.46 bits per heavy atom. The van der Waals surface area contributed by atoms with E-state index in [2.05, 4.69) is 39.9 Å². The van der Waals surface area contributed by atoms with Crippen molar-refractivity contribution in [3.05, 3.63) is 0 Å². The van der Waals surface area contributed by atoms with Crippen molar-refractivity contribution in [3.63, 3.8) is 0 Å². The number of nitrogens with one attached hydrogen (secondary N) is 1. The second-order valence-corrected chi connectivity index (χ2v) is 15.7. The SMILES string of the molecule is CC(C)[C@H](O)CC[C@@H](C)[C@H]1CCC2C3C(O)C[C@H]4C[C@@H](NCCCN5CCCC5=O)CC[C@]4(C)C3CC[C@@]21C. The maximum atomic E-state index is 11.9. The molecule has 4 saturated carbocycles. The van der Waals surface area contributed by atoms with Crippen molar-refractivity contribution in [1.29, 1.82) is 0 Å². The summed E-state index contributed by atoms with van der Waals surface area (Å²) in [5, 5.41) is 26.0. The number of aliphatic hydroxyl groups excluding tert-OH is 2. The van der Waals surface area contributed by atoms with Gasteiger partial charge in [0.25, 0.3) is 0 Å². The zero-order valence-corrected chi connectivity index (χ0v) is 25.8. The van der Waals surface area contributed by atoms with Crippen molar-refractivity contribution in [1.82, 2.24) is 10.2 Å². The molecule has 39 heavy (non-hydrogen) atoms. The van der Waals surface area contributed by atoms with E-state index in [0.29, 0.717) is 58.3 Å². The highest BCUT2D eigenvalue weighted by Gasteiger charge is 2.62. The maximum absolute atomic E-state index is 11.9. The first-order valence-corrected chi connectivity index (χ1v) is 16.9. The van der Waals surface area contributed by atoms with Crippen LogP contribution in [0.3, 0.4) is 0 Å². The van der Waals surface area contributed by atoms with E-state index in [-0.39, 0.29) is 12.2 Å². The molecule has 0 aromatic rings. The van der Waals surface area contributed by atoms with Crippen molar-refractivity contribution in [2.75, 3.05) is 19.6 Å². The second-order valence-electron chi connectivity index (χ2n) is 15.7. The lowest BCUT2D eigenvalue weighted by atomic mass is 9.43. The van der Waals surface area contributed by atoms with Gasteiger partial charge in [0.05, 0.1) is 12.2 Å². The molecule has 0 aromatic carbocycles. The monoisotopic (exact) mass is 544 g/mol. The van der Waals surface area contributed by atoms with Crippen LogP contribution in [0.15, 0.2) is 0 Å². The van der Waals surface area contributed by atoms with Gasteiger partial charge in [0.2, 0.25) is 5.91 Å². The van der Waals surface area contributed by atoms with Gasteiger partial charge in [0.1, 0.15) is 0 Å². The van der Waals surface area contributed by atoms with Gasteiger partial charge < -0.3 is 20.4 Å². The molecule has 5 aliphatic rings. The Labute approximate surface area is 239 Å². The number of hydrogen-bond acceptors (Lipinski definition) is 4. The third-order valence-corrected chi connectivity index (χ3v) is 13.3. The summed E-state index contributed by atoms with van der Waals surface area (Å²) in [6.45, 7) is 14.7. The highest BCUT2D eigenvalue weighted by atomic mass is 16.3. The minimum atomic E-state index is -0.177. The molecule has 1 saturated heterocycles. The van der Waals surface area contributed by atoms with E-state index in [1.165, 1.54) is 44.9 Å². The van der Waals surface area contributed by atoms with E-state index in [4.69, 9.17) is 0 Å². The molecule has 0 aromatic heterocycles. The minimum Gasteiger partial charge on any atom is -0.393 e. The van der Waals surface area contributed by atoms with Gasteiger partial charge in [-0.15, -0.1) is 0 Å². The van der Waals surface area contributed by atoms with E-state index < -0.39 is 0 Å². The number of likely N-dealkylation sites (tertiary alicyclic amines) is 1. The van der Waals surface area contributed by atoms with Crippen molar-refractivity contribution in [3.8, 4) is 0 Å². The fourth-order valence-electron chi connectivity index (χ4n) is 10.9. The number of aliphatic hydroxyl groups is 2. The summed E-state index contributed by atoms with van der Waals surface area (Å²) in [6, 6.07) is 0.563. The summed E-state index contributed by atoms with van der Waals surface area (Å²) in [7, 11) is 0. The van der Waals surface area contributed by atoms with Gasteiger partial charge >= 0.3 is 0 Å². The van der Waals surface area contributed by atoms with Crippen molar-refractivity contribution in [2.45, 2.75) is 136 Å². The number of nitrogens with zero attached hydrogens (tertiary/aromatic N) is 1. The Morgan fingerprint density at radius 2 is 1.74 bits per heavy atom. The lowest BCUT2D eigenvalue weighted by Gasteiger charge is -2.62. The van der Waals surface area contributed by atoms with Crippen LogP contribution in [0.4, 0.5) is 0 Å². The fraction of sp³-hybridized carbons (Fsp3) is 0.971. The first kappa shape index (κ1) is 29.8. The van der Waals surface area contributed by atoms with Gasteiger partial charge in [0, 0.05) is 25.6 Å². The molecule has 0 radical (unpaired) electrons. The Kier molecular flexibility index (Phi) is 9.12. The highest BCUT2D eigenvalue weighted by molar-refractivity contribution is 5.77. The Hall–Kier alpha value is -0.650. The van der Waals surface area contributed by atoms with Gasteiger partial charge in [-0.05, 0) is 136 Å². The molecule has 0 bridgehead atoms. The van der Waals surface area contributed by atoms with E-state index >= 15 is 0 Å². The second kappa shape index (κ2) is 11.9. The molecule has 1 heterocycles. The van der Waals surface area contributed by atoms with E-state index in [1.807, 2.05) is 4.90 Å². The lowest BCUT2D eigenvalue weighted by molar-refractivity contribution is -0.167. The van der Waals surface area contributed by atoms with Crippen LogP contribution in [0, 0.1) is 52.3 Å². The van der Waals surface area contributed by atoms with E-state index in [1.54, 1.807) is 0 Å². The third kappa shape index (κ3) is 5.72. The van der Waals surface area contributed by atoms with Crippen LogP contribution in [0.2, 0.25) is 0 Å². The molecule has 11 atom stereocenters. The number of carbonyl (C=O) groups is 1. The molecule has 4 unspecified atom stereocenters. The molecule has 0 spiro atoms. The molecule has 224 valence electrons. The normalized spacial score (nSPS) is 43.7. The summed E-state index contributed by atoms with van der Waals surface area (Å²) in [4.78, 5) is 13.9. The summed E-state index contributed by atoms with van der Waals surface area (Å²) in [6.07, 6.45) is 14.5. The average Bonchev–Trinajstić information content (AvgIpc) is 3.47. The molecular weight excluding hydrogens is 484 g/mol. The largest absolute Gasteiger partial charge is 0.393 e. The molecule has 5 heteroatoms. The van der Waals surface area contributed by atoms with E-state index in [9.17, 15) is 15.0 Å². The minimum absolute atomic E-state index is 0.144. The molecule has 5 fully saturated rings. The fourth-order valence-corrected chi connectivity index (χ4v) is 10.9. The van der Waals surface area contributed by atoms with Crippen molar-refractivity contribution in [2.24, 2.45) is 52.3 Å². The molecule has 5 rings (SSSR count). The first-order chi connectivity index (χ1) is 18.5. The lowest BCUT2D eigenvalue weighted by Crippen LogP contribution is -2.59. The zero-order chi connectivity index (χ0) is 27.9. The summed E-state index contributed by atoms with van der Waals surface area (Å²) in [5.41, 5.74) is 0.722. The number of rotatable bonds is 10. The van der Waals surface area contributed by atoms with Gasteiger partial charge in [-0.3, -0.25) is 4.79 Å². The molecule has 3 N–H and O–H groups in total. The summed E-state index contributed by atoms with van der Waals surface area (Å²) in [5.74, 6) is 4.50. The molecular formula is C34H60N2O3. The molecule has 1 amide bonds. The van der Waals surface area contributed by atoms with Crippen LogP contribution >= 0.6 is 0 Å². The van der Waals surface area contributed by atoms with Gasteiger partial charge in [-0.1, -0.05) is 34.6 Å². The van der Waals surface area contributed by atoms with Crippen LogP contribution in [0.1, 0.15) is 118 Å². The van der Waals surface area contributed by atoms with Crippen molar-refractivity contribution >= 4 is 5.91 Å². The third-order valence-electron chi connectivity index (χ3n) is 13.3. The van der Waals surface area contributed by atoms with Crippen LogP contribution in [0.25, 0.3) is 0 Å². The average molecular weight is 545 g/mol. The first-order valence-electron chi connectivity index (χ1n) is 16.9. The van der Waals surface area contributed by atoms with Gasteiger partial charge in [-0.2, -0.15) is 0 Å². The van der Waals surface area contributed by atoms with Crippen LogP contribution in [-0.4, -0.2) is 58.9 Å². The predicted octanol–water partition coefficient (Wildman–Crippen LogP) is 6.02. The van der Waals surface area contributed by atoms with Crippen molar-refractivity contribution < 1.29 is 15.0 Å². The Balaban J connectivity index is 1.17. The van der Waals surface area contributed by atoms with Crippen LogP contribution < -0.4 is 5.32 Å². The standard InChI is InChI=1S/C34H60N2O3/c1-22(2)29(37)12-9-23(3)26-10-11-27-32-28(14-16-34(26,27)5)33(4)15-13-25(20-24(33)21-30(32)38)35-17-7-19-36-18-6-8-31(36)39/h22-30,32,35,37-38H,6-21H2,1-5H3/t23-,24-,25+,26-,27?,28?,29-,30?,32?,33+,34-/m1/s1. The molecule has 5 nitrogen and oxygen atoms in total. The molecule has 1 aliphatic heterocycles. The zero-order valence-electron chi connectivity index (χ0n) is 25.8. The van der Waals surface area contributed by atoms with Gasteiger partial charge in [-0.25, -0.2) is 0 Å². The molecule has 4 aliphatic carbocycles. The van der Waals surface area contributed by atoms with Gasteiger partial charge in [0.15, 0.2) is 0 Å². The highest BCUT2D eigenvalue weighted by Crippen LogP contribution is 2.68. The van der Waals surface area contributed by atoms with E-state index in [0.717, 1.165) is 64.1 Å².